The van der Waals surface area contributed by atoms with Gasteiger partial charge in [-0.3, -0.25) is 4.79 Å². The van der Waals surface area contributed by atoms with Gasteiger partial charge in [0, 0.05) is 32.2 Å². The molecule has 1 fully saturated rings. The number of carboxylic acid groups (broad SMARTS) is 1. The van der Waals surface area contributed by atoms with E-state index in [0.29, 0.717) is 32.1 Å². The molecule has 6 heteroatoms. The molecule has 1 aliphatic rings. The second-order valence-corrected chi connectivity index (χ2v) is 5.66. The predicted octanol–water partition coefficient (Wildman–Crippen LogP) is 2.14. The van der Waals surface area contributed by atoms with Crippen LogP contribution in [0, 0.1) is 5.92 Å². The molecule has 1 aliphatic heterocycles. The Hall–Kier alpha value is -1.30. The second-order valence-electron chi connectivity index (χ2n) is 5.66. The Bertz CT molecular complexity index is 317. The average Bonchev–Trinajstić information content (AvgIpc) is 2.45. The van der Waals surface area contributed by atoms with Crippen molar-refractivity contribution in [3.8, 4) is 0 Å². The van der Waals surface area contributed by atoms with Crippen LogP contribution in [0.2, 0.25) is 0 Å². The van der Waals surface area contributed by atoms with Gasteiger partial charge in [-0.05, 0) is 31.6 Å². The van der Waals surface area contributed by atoms with Crippen molar-refractivity contribution in [3.63, 3.8) is 0 Å². The Balaban J connectivity index is 2.16. The van der Waals surface area contributed by atoms with Gasteiger partial charge in [-0.25, -0.2) is 4.79 Å². The van der Waals surface area contributed by atoms with E-state index in [2.05, 4.69) is 17.6 Å². The lowest BCUT2D eigenvalue weighted by atomic mass is 9.94. The standard InChI is InChI=1S/C15H28N2O4/c1-2-3-12(4-5-14(18)19)6-9-16-15(20)17-13-7-10-21-11-8-13/h12-13H,2-11H2,1H3,(H,18,19)(H2,16,17,20). The number of carboxylic acids is 1. The Morgan fingerprint density at radius 2 is 1.95 bits per heavy atom. The van der Waals surface area contributed by atoms with Crippen molar-refractivity contribution in [1.29, 1.82) is 0 Å². The first-order valence-corrected chi connectivity index (χ1v) is 7.95. The number of aliphatic carboxylic acids is 1. The van der Waals surface area contributed by atoms with Crippen LogP contribution in [0.25, 0.3) is 0 Å². The van der Waals surface area contributed by atoms with Crippen molar-refractivity contribution in [1.82, 2.24) is 10.6 Å². The zero-order valence-electron chi connectivity index (χ0n) is 12.9. The summed E-state index contributed by atoms with van der Waals surface area (Å²) in [5.74, 6) is -0.379. The summed E-state index contributed by atoms with van der Waals surface area (Å²) in [6.07, 6.45) is 5.51. The number of nitrogens with one attached hydrogen (secondary N) is 2. The molecule has 0 aromatic carbocycles. The van der Waals surface area contributed by atoms with E-state index < -0.39 is 5.97 Å². The number of hydrogen-bond donors (Lipinski definition) is 3. The van der Waals surface area contributed by atoms with Gasteiger partial charge in [-0.2, -0.15) is 0 Å². The van der Waals surface area contributed by atoms with Gasteiger partial charge in [0.1, 0.15) is 0 Å². The molecular weight excluding hydrogens is 272 g/mol. The molecule has 1 heterocycles. The summed E-state index contributed by atoms with van der Waals surface area (Å²) in [6, 6.07) is 0.0765. The van der Waals surface area contributed by atoms with Gasteiger partial charge in [-0.15, -0.1) is 0 Å². The maximum atomic E-state index is 11.8. The van der Waals surface area contributed by atoms with Crippen molar-refractivity contribution >= 4 is 12.0 Å². The zero-order valence-corrected chi connectivity index (χ0v) is 12.9. The summed E-state index contributed by atoms with van der Waals surface area (Å²) in [4.78, 5) is 22.4. The Morgan fingerprint density at radius 3 is 2.57 bits per heavy atom. The van der Waals surface area contributed by atoms with Crippen molar-refractivity contribution in [2.75, 3.05) is 19.8 Å². The van der Waals surface area contributed by atoms with Gasteiger partial charge in [0.05, 0.1) is 0 Å². The lowest BCUT2D eigenvalue weighted by Crippen LogP contribution is -2.44. The zero-order chi connectivity index (χ0) is 15.5. The van der Waals surface area contributed by atoms with Crippen molar-refractivity contribution in [2.45, 2.75) is 57.9 Å². The van der Waals surface area contributed by atoms with Gasteiger partial charge in [0.25, 0.3) is 0 Å². The van der Waals surface area contributed by atoms with E-state index in [0.717, 1.165) is 32.1 Å². The first-order valence-electron chi connectivity index (χ1n) is 7.95. The molecular formula is C15H28N2O4. The van der Waals surface area contributed by atoms with Crippen LogP contribution in [0.1, 0.15) is 51.9 Å². The Labute approximate surface area is 126 Å². The fraction of sp³-hybridized carbons (Fsp3) is 0.867. The highest BCUT2D eigenvalue weighted by molar-refractivity contribution is 5.74. The topological polar surface area (TPSA) is 87.7 Å². The maximum Gasteiger partial charge on any atom is 0.315 e. The molecule has 1 atom stereocenters. The van der Waals surface area contributed by atoms with Crippen LogP contribution in [0.5, 0.6) is 0 Å². The third kappa shape index (κ3) is 8.55. The number of urea groups is 1. The minimum atomic E-state index is -0.749. The number of hydrogen-bond acceptors (Lipinski definition) is 3. The molecule has 0 aliphatic carbocycles. The largest absolute Gasteiger partial charge is 0.481 e. The highest BCUT2D eigenvalue weighted by Crippen LogP contribution is 2.17. The average molecular weight is 300 g/mol. The fourth-order valence-electron chi connectivity index (χ4n) is 2.64. The molecule has 1 saturated heterocycles. The molecule has 0 spiro atoms. The van der Waals surface area contributed by atoms with E-state index >= 15 is 0 Å². The highest BCUT2D eigenvalue weighted by Gasteiger charge is 2.16. The normalized spacial score (nSPS) is 17.2. The molecule has 3 N–H and O–H groups in total. The minimum Gasteiger partial charge on any atom is -0.481 e. The van der Waals surface area contributed by atoms with E-state index in [1.165, 1.54) is 0 Å². The van der Waals surface area contributed by atoms with E-state index in [1.807, 2.05) is 0 Å². The molecule has 0 bridgehead atoms. The summed E-state index contributed by atoms with van der Waals surface area (Å²) in [7, 11) is 0. The molecule has 1 unspecified atom stereocenters. The first kappa shape index (κ1) is 17.8. The quantitative estimate of drug-likeness (QED) is 0.609. The van der Waals surface area contributed by atoms with Gasteiger partial charge in [0.2, 0.25) is 0 Å². The third-order valence-electron chi connectivity index (χ3n) is 3.86. The first-order chi connectivity index (χ1) is 10.1. The SMILES string of the molecule is CCCC(CCNC(=O)NC1CCOCC1)CCC(=O)O. The molecule has 0 aromatic heterocycles. The van der Waals surface area contributed by atoms with E-state index in [9.17, 15) is 9.59 Å². The van der Waals surface area contributed by atoms with Gasteiger partial charge < -0.3 is 20.5 Å². The molecule has 122 valence electrons. The van der Waals surface area contributed by atoms with Crippen molar-refractivity contribution < 1.29 is 19.4 Å². The molecule has 21 heavy (non-hydrogen) atoms. The van der Waals surface area contributed by atoms with E-state index in [-0.39, 0.29) is 18.5 Å². The van der Waals surface area contributed by atoms with Crippen LogP contribution >= 0.6 is 0 Å². The van der Waals surface area contributed by atoms with Crippen molar-refractivity contribution in [2.24, 2.45) is 5.92 Å². The molecule has 2 amide bonds. The number of carbonyl (C=O) groups excluding carboxylic acids is 1. The summed E-state index contributed by atoms with van der Waals surface area (Å²) < 4.78 is 5.25. The third-order valence-corrected chi connectivity index (χ3v) is 3.86. The molecule has 0 saturated carbocycles. The number of amides is 2. The van der Waals surface area contributed by atoms with Gasteiger partial charge in [0.15, 0.2) is 0 Å². The summed E-state index contributed by atoms with van der Waals surface area (Å²) in [6.45, 7) is 4.11. The molecule has 0 aromatic rings. The second kappa shape index (κ2) is 10.4. The summed E-state index contributed by atoms with van der Waals surface area (Å²) in [5.41, 5.74) is 0. The highest BCUT2D eigenvalue weighted by atomic mass is 16.5. The lowest BCUT2D eigenvalue weighted by molar-refractivity contribution is -0.137. The van der Waals surface area contributed by atoms with Crippen LogP contribution in [0.15, 0.2) is 0 Å². The van der Waals surface area contributed by atoms with Gasteiger partial charge >= 0.3 is 12.0 Å². The maximum absolute atomic E-state index is 11.8. The van der Waals surface area contributed by atoms with Gasteiger partial charge in [-0.1, -0.05) is 19.8 Å². The summed E-state index contributed by atoms with van der Waals surface area (Å²) in [5, 5.41) is 14.6. The van der Waals surface area contributed by atoms with Crippen LogP contribution in [-0.4, -0.2) is 42.9 Å². The molecule has 6 nitrogen and oxygen atoms in total. The fourth-order valence-corrected chi connectivity index (χ4v) is 2.64. The monoisotopic (exact) mass is 300 g/mol. The van der Waals surface area contributed by atoms with E-state index in [4.69, 9.17) is 9.84 Å². The van der Waals surface area contributed by atoms with Crippen LogP contribution < -0.4 is 10.6 Å². The lowest BCUT2D eigenvalue weighted by Gasteiger charge is -2.23. The Kier molecular flexibility index (Phi) is 8.82. The molecule has 1 rings (SSSR count). The number of carbonyl (C=O) groups is 2. The molecule has 0 radical (unpaired) electrons. The van der Waals surface area contributed by atoms with Crippen LogP contribution in [0.4, 0.5) is 4.79 Å². The van der Waals surface area contributed by atoms with Crippen LogP contribution in [-0.2, 0) is 9.53 Å². The predicted molar refractivity (Wildman–Crippen MR) is 80.3 cm³/mol. The smallest absolute Gasteiger partial charge is 0.315 e. The van der Waals surface area contributed by atoms with Crippen molar-refractivity contribution in [3.05, 3.63) is 0 Å². The van der Waals surface area contributed by atoms with Crippen LogP contribution in [0.3, 0.4) is 0 Å². The Morgan fingerprint density at radius 1 is 1.24 bits per heavy atom. The number of ether oxygens (including phenoxy) is 1. The van der Waals surface area contributed by atoms with E-state index in [1.54, 1.807) is 0 Å². The number of rotatable bonds is 9. The minimum absolute atomic E-state index is 0.129. The summed E-state index contributed by atoms with van der Waals surface area (Å²) >= 11 is 0.